The molecule has 0 aromatic heterocycles. The number of nitriles is 1. The van der Waals surface area contributed by atoms with Crippen LogP contribution in [0.3, 0.4) is 0 Å². The standard InChI is InChI=1S/C54H46N4/c1-37-8-22-48(23-9-37)57(49-24-10-38(2)11-25-49)52-30-20-43(41(5)32-52)16-18-45-35-54(56-7)46(34-47(45)36-55)19-17-44-21-31-53(33-42(44)6)58(50-26-12-39(3)13-27-50)51-28-14-40(4)15-29-51/h8-35H,1-6H3/b18-16+,19-17+. The highest BCUT2D eigenvalue weighted by molar-refractivity contribution is 5.85. The fourth-order valence-corrected chi connectivity index (χ4v) is 7.09. The first-order valence-electron chi connectivity index (χ1n) is 19.5. The van der Waals surface area contributed by atoms with Crippen molar-refractivity contribution in [3.8, 4) is 6.07 Å². The molecule has 7 rings (SSSR count). The fraction of sp³-hybridized carbons (Fsp3) is 0.111. The summed E-state index contributed by atoms with van der Waals surface area (Å²) in [6.45, 7) is 20.6. The van der Waals surface area contributed by atoms with Crippen molar-refractivity contribution < 1.29 is 0 Å². The molecule has 0 aliphatic heterocycles. The Kier molecular flexibility index (Phi) is 11.5. The molecule has 282 valence electrons. The van der Waals surface area contributed by atoms with Crippen LogP contribution >= 0.6 is 0 Å². The van der Waals surface area contributed by atoms with Gasteiger partial charge < -0.3 is 9.80 Å². The highest BCUT2D eigenvalue weighted by Gasteiger charge is 2.15. The number of hydrogen-bond acceptors (Lipinski definition) is 3. The smallest absolute Gasteiger partial charge is 0.194 e. The monoisotopic (exact) mass is 750 g/mol. The summed E-state index contributed by atoms with van der Waals surface area (Å²) < 4.78 is 0. The van der Waals surface area contributed by atoms with Gasteiger partial charge in [-0.1, -0.05) is 107 Å². The maximum atomic E-state index is 10.2. The summed E-state index contributed by atoms with van der Waals surface area (Å²) in [5, 5.41) is 10.2. The van der Waals surface area contributed by atoms with Crippen LogP contribution in [0.1, 0.15) is 61.2 Å². The maximum Gasteiger partial charge on any atom is 0.194 e. The summed E-state index contributed by atoms with van der Waals surface area (Å²) >= 11 is 0. The largest absolute Gasteiger partial charge is 0.310 e. The van der Waals surface area contributed by atoms with Crippen molar-refractivity contribution in [1.82, 2.24) is 0 Å². The van der Waals surface area contributed by atoms with E-state index in [4.69, 9.17) is 6.57 Å². The number of hydrogen-bond donors (Lipinski definition) is 0. The van der Waals surface area contributed by atoms with Gasteiger partial charge in [0.2, 0.25) is 0 Å². The minimum absolute atomic E-state index is 0.494. The molecule has 58 heavy (non-hydrogen) atoms. The Morgan fingerprint density at radius 3 is 1.07 bits per heavy atom. The number of aryl methyl sites for hydroxylation is 6. The summed E-state index contributed by atoms with van der Waals surface area (Å²) in [5.74, 6) is 0. The van der Waals surface area contributed by atoms with E-state index in [1.165, 1.54) is 22.3 Å². The SMILES string of the molecule is [C-]#[N+]c1cc(/C=C/c2ccc(N(c3ccc(C)cc3)c3ccc(C)cc3)cc2C)c(C#N)cc1/C=C/c1ccc(N(c2ccc(C)cc2)c2ccc(C)cc2)cc1C. The van der Waals surface area contributed by atoms with Gasteiger partial charge in [0.1, 0.15) is 0 Å². The first kappa shape index (κ1) is 38.9. The lowest BCUT2D eigenvalue weighted by Gasteiger charge is -2.26. The quantitative estimate of drug-likeness (QED) is 0.103. The summed E-state index contributed by atoms with van der Waals surface area (Å²) in [7, 11) is 0. The zero-order valence-corrected chi connectivity index (χ0v) is 34.0. The lowest BCUT2D eigenvalue weighted by molar-refractivity contribution is 1.25. The van der Waals surface area contributed by atoms with Gasteiger partial charge in [0.15, 0.2) is 5.69 Å². The van der Waals surface area contributed by atoms with Crippen molar-refractivity contribution >= 4 is 64.1 Å². The number of nitrogens with zero attached hydrogens (tertiary/aromatic N) is 4. The van der Waals surface area contributed by atoms with Crippen molar-refractivity contribution in [2.45, 2.75) is 41.5 Å². The van der Waals surface area contributed by atoms with Crippen LogP contribution in [0.25, 0.3) is 29.1 Å². The fourth-order valence-electron chi connectivity index (χ4n) is 7.09. The molecule has 0 bridgehead atoms. The van der Waals surface area contributed by atoms with Gasteiger partial charge in [0.25, 0.3) is 0 Å². The topological polar surface area (TPSA) is 34.6 Å². The molecular formula is C54H46N4. The highest BCUT2D eigenvalue weighted by Crippen LogP contribution is 2.38. The normalized spacial score (nSPS) is 11.1. The minimum Gasteiger partial charge on any atom is -0.310 e. The molecule has 0 N–H and O–H groups in total. The Labute approximate surface area is 343 Å². The molecule has 0 spiro atoms. The van der Waals surface area contributed by atoms with E-state index in [1.54, 1.807) is 0 Å². The molecule has 0 aliphatic carbocycles. The van der Waals surface area contributed by atoms with Crippen molar-refractivity contribution in [2.75, 3.05) is 9.80 Å². The summed E-state index contributed by atoms with van der Waals surface area (Å²) in [4.78, 5) is 8.41. The molecule has 0 saturated carbocycles. The number of benzene rings is 7. The first-order chi connectivity index (χ1) is 28.1. The zero-order valence-electron chi connectivity index (χ0n) is 34.0. The van der Waals surface area contributed by atoms with Gasteiger partial charge in [-0.2, -0.15) is 5.26 Å². The van der Waals surface area contributed by atoms with E-state index in [1.807, 2.05) is 36.4 Å². The van der Waals surface area contributed by atoms with Gasteiger partial charge in [0.05, 0.1) is 18.2 Å². The molecular weight excluding hydrogens is 705 g/mol. The zero-order chi connectivity index (χ0) is 40.8. The van der Waals surface area contributed by atoms with Crippen LogP contribution in [0.4, 0.5) is 39.8 Å². The molecule has 0 atom stereocenters. The van der Waals surface area contributed by atoms with Crippen LogP contribution in [0, 0.1) is 59.4 Å². The lowest BCUT2D eigenvalue weighted by Crippen LogP contribution is -2.10. The van der Waals surface area contributed by atoms with E-state index in [0.29, 0.717) is 22.4 Å². The van der Waals surface area contributed by atoms with Crippen LogP contribution in [-0.4, -0.2) is 0 Å². The van der Waals surface area contributed by atoms with Gasteiger partial charge in [-0.3, -0.25) is 0 Å². The van der Waals surface area contributed by atoms with Gasteiger partial charge >= 0.3 is 0 Å². The van der Waals surface area contributed by atoms with Crippen LogP contribution in [0.15, 0.2) is 146 Å². The van der Waals surface area contributed by atoms with Crippen LogP contribution in [0.5, 0.6) is 0 Å². The second kappa shape index (κ2) is 17.2. The van der Waals surface area contributed by atoms with E-state index in [2.05, 4.69) is 196 Å². The van der Waals surface area contributed by atoms with Crippen molar-refractivity contribution in [3.05, 3.63) is 218 Å². The molecule has 0 fully saturated rings. The lowest BCUT2D eigenvalue weighted by atomic mass is 9.99. The molecule has 7 aromatic carbocycles. The average Bonchev–Trinajstić information content (AvgIpc) is 3.23. The van der Waals surface area contributed by atoms with Crippen molar-refractivity contribution in [3.63, 3.8) is 0 Å². The molecule has 4 heteroatoms. The number of anilines is 6. The average molecular weight is 751 g/mol. The second-order valence-corrected chi connectivity index (χ2v) is 15.0. The predicted molar refractivity (Wildman–Crippen MR) is 246 cm³/mol. The summed E-state index contributed by atoms with van der Waals surface area (Å²) in [6.07, 6.45) is 7.95. The molecule has 4 nitrogen and oxygen atoms in total. The minimum atomic E-state index is 0.494. The third-order valence-electron chi connectivity index (χ3n) is 10.5. The van der Waals surface area contributed by atoms with Crippen molar-refractivity contribution in [1.29, 1.82) is 5.26 Å². The van der Waals surface area contributed by atoms with Crippen molar-refractivity contribution in [2.24, 2.45) is 0 Å². The third kappa shape index (κ3) is 8.69. The Morgan fingerprint density at radius 1 is 0.414 bits per heavy atom. The van der Waals surface area contributed by atoms with Gasteiger partial charge in [-0.25, -0.2) is 4.85 Å². The molecule has 0 unspecified atom stereocenters. The molecule has 0 heterocycles. The third-order valence-corrected chi connectivity index (χ3v) is 10.5. The Hall–Kier alpha value is -7.40. The molecule has 7 aromatic rings. The van der Waals surface area contributed by atoms with E-state index < -0.39 is 0 Å². The molecule has 0 amide bonds. The predicted octanol–water partition coefficient (Wildman–Crippen LogP) is 15.2. The van der Waals surface area contributed by atoms with Gasteiger partial charge in [-0.05, 0) is 160 Å². The van der Waals surface area contributed by atoms with Crippen LogP contribution in [-0.2, 0) is 0 Å². The molecule has 0 saturated heterocycles. The number of rotatable bonds is 10. The van der Waals surface area contributed by atoms with E-state index in [-0.39, 0.29) is 0 Å². The van der Waals surface area contributed by atoms with Crippen LogP contribution in [0.2, 0.25) is 0 Å². The molecule has 0 aliphatic rings. The highest BCUT2D eigenvalue weighted by atomic mass is 15.1. The Morgan fingerprint density at radius 2 is 0.741 bits per heavy atom. The molecule has 0 radical (unpaired) electrons. The Bertz CT molecular complexity index is 2440. The van der Waals surface area contributed by atoms with E-state index in [0.717, 1.165) is 56.4 Å². The van der Waals surface area contributed by atoms with E-state index >= 15 is 0 Å². The second-order valence-electron chi connectivity index (χ2n) is 15.0. The summed E-state index contributed by atoms with van der Waals surface area (Å²) in [5.41, 5.74) is 18.0. The van der Waals surface area contributed by atoms with Gasteiger partial charge in [-0.15, -0.1) is 0 Å². The van der Waals surface area contributed by atoms with Crippen LogP contribution < -0.4 is 9.80 Å². The Balaban J connectivity index is 1.15. The van der Waals surface area contributed by atoms with Gasteiger partial charge in [0, 0.05) is 34.1 Å². The first-order valence-corrected chi connectivity index (χ1v) is 19.5. The van der Waals surface area contributed by atoms with E-state index in [9.17, 15) is 5.26 Å². The summed E-state index contributed by atoms with van der Waals surface area (Å²) in [6, 6.07) is 53.2. The maximum absolute atomic E-state index is 10.2.